The fraction of sp³-hybridized carbons (Fsp3) is 0.850. The first-order chi connectivity index (χ1) is 13.7. The van der Waals surface area contributed by atoms with Crippen molar-refractivity contribution >= 4 is 29.9 Å². The van der Waals surface area contributed by atoms with Crippen LogP contribution in [0.2, 0.25) is 0 Å². The monoisotopic (exact) mass is 519 g/mol. The van der Waals surface area contributed by atoms with Crippen molar-refractivity contribution in [2.45, 2.75) is 70.5 Å². The Labute approximate surface area is 192 Å². The number of likely N-dealkylation sites (tertiary alicyclic amines) is 1. The van der Waals surface area contributed by atoms with Crippen molar-refractivity contribution in [3.05, 3.63) is 11.6 Å². The van der Waals surface area contributed by atoms with Gasteiger partial charge in [0.2, 0.25) is 0 Å². The van der Waals surface area contributed by atoms with Crippen LogP contribution in [0.3, 0.4) is 0 Å². The average molecular weight is 519 g/mol. The van der Waals surface area contributed by atoms with Crippen molar-refractivity contribution in [1.82, 2.24) is 30.3 Å². The summed E-state index contributed by atoms with van der Waals surface area (Å²) >= 11 is 0. The van der Waals surface area contributed by atoms with E-state index in [-0.39, 0.29) is 24.0 Å². The van der Waals surface area contributed by atoms with Crippen LogP contribution < -0.4 is 10.6 Å². The lowest BCUT2D eigenvalue weighted by Gasteiger charge is -2.40. The Morgan fingerprint density at radius 2 is 1.97 bits per heavy atom. The highest BCUT2D eigenvalue weighted by molar-refractivity contribution is 14.0. The lowest BCUT2D eigenvalue weighted by atomic mass is 9.92. The number of hydrogen-bond acceptors (Lipinski definition) is 5. The van der Waals surface area contributed by atoms with Crippen molar-refractivity contribution < 1.29 is 4.74 Å². The minimum absolute atomic E-state index is 0. The van der Waals surface area contributed by atoms with Crippen LogP contribution in [-0.2, 0) is 18.3 Å². The predicted molar refractivity (Wildman–Crippen MR) is 127 cm³/mol. The van der Waals surface area contributed by atoms with Crippen molar-refractivity contribution in [2.75, 3.05) is 33.4 Å². The van der Waals surface area contributed by atoms with Gasteiger partial charge in [-0.2, -0.15) is 0 Å². The number of rotatable bonds is 7. The van der Waals surface area contributed by atoms with Crippen LogP contribution in [0.15, 0.2) is 4.99 Å². The molecule has 1 aromatic rings. The second kappa shape index (κ2) is 12.7. The zero-order valence-electron chi connectivity index (χ0n) is 18.2. The summed E-state index contributed by atoms with van der Waals surface area (Å²) in [5.74, 6) is 2.62. The molecular formula is C20H38IN7O. The molecule has 8 nitrogen and oxygen atoms in total. The van der Waals surface area contributed by atoms with Gasteiger partial charge in [-0.05, 0) is 39.2 Å². The van der Waals surface area contributed by atoms with E-state index in [0.29, 0.717) is 19.2 Å². The summed E-state index contributed by atoms with van der Waals surface area (Å²) in [5.41, 5.74) is 0. The molecule has 0 radical (unpaired) electrons. The molecule has 1 aliphatic carbocycles. The van der Waals surface area contributed by atoms with E-state index < -0.39 is 0 Å². The number of nitrogens with zero attached hydrogens (tertiary/aromatic N) is 5. The fourth-order valence-corrected chi connectivity index (χ4v) is 4.26. The van der Waals surface area contributed by atoms with E-state index in [0.717, 1.165) is 36.7 Å². The van der Waals surface area contributed by atoms with Gasteiger partial charge < -0.3 is 19.9 Å². The lowest BCUT2D eigenvalue weighted by Crippen LogP contribution is -2.54. The molecule has 1 aliphatic heterocycles. The smallest absolute Gasteiger partial charge is 0.192 e. The van der Waals surface area contributed by atoms with Crippen LogP contribution in [0, 0.1) is 6.92 Å². The number of aryl methyl sites for hydroxylation is 1. The van der Waals surface area contributed by atoms with E-state index in [1.807, 2.05) is 18.5 Å². The first kappa shape index (κ1) is 24.3. The van der Waals surface area contributed by atoms with Crippen molar-refractivity contribution in [1.29, 1.82) is 0 Å². The van der Waals surface area contributed by atoms with Crippen molar-refractivity contribution in [3.8, 4) is 0 Å². The molecule has 0 spiro atoms. The largest absolute Gasteiger partial charge is 0.383 e. The minimum Gasteiger partial charge on any atom is -0.383 e. The predicted octanol–water partition coefficient (Wildman–Crippen LogP) is 2.22. The van der Waals surface area contributed by atoms with Crippen LogP contribution in [-0.4, -0.2) is 71.1 Å². The van der Waals surface area contributed by atoms with Gasteiger partial charge in [0.15, 0.2) is 11.8 Å². The topological polar surface area (TPSA) is 79.6 Å². The Bertz CT molecular complexity index is 630. The normalized spacial score (nSPS) is 21.6. The Kier molecular flexibility index (Phi) is 10.6. The maximum Gasteiger partial charge on any atom is 0.192 e. The van der Waals surface area contributed by atoms with Gasteiger partial charge in [-0.25, -0.2) is 4.99 Å². The molecule has 166 valence electrons. The second-order valence-corrected chi connectivity index (χ2v) is 8.08. The summed E-state index contributed by atoms with van der Waals surface area (Å²) in [4.78, 5) is 7.48. The van der Waals surface area contributed by atoms with E-state index in [2.05, 4.69) is 25.7 Å². The van der Waals surface area contributed by atoms with Gasteiger partial charge >= 0.3 is 0 Å². The van der Waals surface area contributed by atoms with E-state index >= 15 is 0 Å². The molecule has 2 fully saturated rings. The number of halogens is 1. The molecule has 9 heteroatoms. The Hall–Kier alpha value is -0.940. The Balaban J connectivity index is 0.00000300. The van der Waals surface area contributed by atoms with Gasteiger partial charge in [0, 0.05) is 39.3 Å². The quantitative estimate of drug-likeness (QED) is 0.249. The summed E-state index contributed by atoms with van der Waals surface area (Å²) in [7, 11) is 3.70. The first-order valence-corrected chi connectivity index (χ1v) is 10.8. The Morgan fingerprint density at radius 3 is 2.66 bits per heavy atom. The number of methoxy groups -OCH3 is 1. The number of aromatic nitrogens is 3. The van der Waals surface area contributed by atoms with Crippen molar-refractivity contribution in [2.24, 2.45) is 12.0 Å². The summed E-state index contributed by atoms with van der Waals surface area (Å²) in [5, 5.41) is 15.4. The molecule has 0 aromatic carbocycles. The number of hydrogen-bond donors (Lipinski definition) is 2. The number of piperidine rings is 1. The standard InChI is InChI=1S/C20H37N7O.HI/c1-16-24-25-19(26(16)2)14-22-20(21-11-13-28-3)23-17-8-7-12-27(15-17)18-9-5-4-6-10-18;/h17-18H,4-15H2,1-3H3,(H2,21,22,23);1H. The molecule has 1 saturated carbocycles. The average Bonchev–Trinajstić information content (AvgIpc) is 3.05. The van der Waals surface area contributed by atoms with Gasteiger partial charge in [-0.15, -0.1) is 34.2 Å². The highest BCUT2D eigenvalue weighted by Crippen LogP contribution is 2.25. The molecule has 0 bridgehead atoms. The summed E-state index contributed by atoms with van der Waals surface area (Å²) in [6.07, 6.45) is 9.37. The van der Waals surface area contributed by atoms with Gasteiger partial charge in [-0.3, -0.25) is 4.90 Å². The van der Waals surface area contributed by atoms with E-state index in [1.54, 1.807) is 7.11 Å². The third-order valence-corrected chi connectivity index (χ3v) is 6.04. The van der Waals surface area contributed by atoms with E-state index in [4.69, 9.17) is 9.73 Å². The number of nitrogens with one attached hydrogen (secondary N) is 2. The van der Waals surface area contributed by atoms with E-state index in [9.17, 15) is 0 Å². The van der Waals surface area contributed by atoms with Crippen LogP contribution in [0.1, 0.15) is 56.6 Å². The Morgan fingerprint density at radius 1 is 1.17 bits per heavy atom. The molecule has 29 heavy (non-hydrogen) atoms. The van der Waals surface area contributed by atoms with Gasteiger partial charge in [0.1, 0.15) is 12.4 Å². The van der Waals surface area contributed by atoms with Crippen LogP contribution in [0.25, 0.3) is 0 Å². The molecule has 1 unspecified atom stereocenters. The summed E-state index contributed by atoms with van der Waals surface area (Å²) < 4.78 is 7.17. The number of guanidine groups is 1. The van der Waals surface area contributed by atoms with Crippen LogP contribution >= 0.6 is 24.0 Å². The molecule has 2 heterocycles. The first-order valence-electron chi connectivity index (χ1n) is 10.8. The molecule has 2 aliphatic rings. The number of aliphatic imine (C=N–C) groups is 1. The third kappa shape index (κ3) is 7.36. The van der Waals surface area contributed by atoms with Crippen LogP contribution in [0.4, 0.5) is 0 Å². The molecule has 3 rings (SSSR count). The molecule has 0 amide bonds. The fourth-order valence-electron chi connectivity index (χ4n) is 4.26. The minimum atomic E-state index is 0. The SMILES string of the molecule is COCCNC(=NCc1nnc(C)n1C)NC1CCCN(C2CCCCC2)C1.I. The number of ether oxygens (including phenoxy) is 1. The molecule has 1 atom stereocenters. The maximum absolute atomic E-state index is 5.18. The summed E-state index contributed by atoms with van der Waals surface area (Å²) in [6.45, 7) is 6.21. The van der Waals surface area contributed by atoms with Crippen molar-refractivity contribution in [3.63, 3.8) is 0 Å². The zero-order valence-corrected chi connectivity index (χ0v) is 20.5. The zero-order chi connectivity index (χ0) is 19.8. The highest BCUT2D eigenvalue weighted by Gasteiger charge is 2.27. The molecular weight excluding hydrogens is 481 g/mol. The molecule has 2 N–H and O–H groups in total. The summed E-state index contributed by atoms with van der Waals surface area (Å²) in [6, 6.07) is 1.22. The van der Waals surface area contributed by atoms with Gasteiger partial charge in [0.25, 0.3) is 0 Å². The molecule has 1 saturated heterocycles. The van der Waals surface area contributed by atoms with E-state index in [1.165, 1.54) is 51.5 Å². The second-order valence-electron chi connectivity index (χ2n) is 8.08. The van der Waals surface area contributed by atoms with Gasteiger partial charge in [-0.1, -0.05) is 19.3 Å². The highest BCUT2D eigenvalue weighted by atomic mass is 127. The third-order valence-electron chi connectivity index (χ3n) is 6.04. The van der Waals surface area contributed by atoms with Gasteiger partial charge in [0.05, 0.1) is 6.61 Å². The van der Waals surface area contributed by atoms with Crippen LogP contribution in [0.5, 0.6) is 0 Å². The molecule has 1 aromatic heterocycles. The lowest BCUT2D eigenvalue weighted by molar-refractivity contribution is 0.115. The maximum atomic E-state index is 5.18.